The van der Waals surface area contributed by atoms with E-state index in [1.165, 1.54) is 31.6 Å². The topological polar surface area (TPSA) is 69.0 Å². The van der Waals surface area contributed by atoms with Crippen molar-refractivity contribution in [3.8, 4) is 5.69 Å². The molecular formula is C22H19FN4O2. The number of hydrogen-bond donors (Lipinski definition) is 1. The lowest BCUT2D eigenvalue weighted by Gasteiger charge is -2.09. The van der Waals surface area contributed by atoms with E-state index >= 15 is 0 Å². The van der Waals surface area contributed by atoms with Crippen LogP contribution in [-0.2, 0) is 11.2 Å². The molecule has 2 heterocycles. The average Bonchev–Trinajstić information content (AvgIpc) is 3.10. The molecule has 2 aromatic heterocycles. The van der Waals surface area contributed by atoms with Crippen LogP contribution in [0.4, 0.5) is 15.9 Å². The Kier molecular flexibility index (Phi) is 4.95. The van der Waals surface area contributed by atoms with Crippen molar-refractivity contribution in [2.45, 2.75) is 13.3 Å². The molecule has 146 valence electrons. The number of carbonyl (C=O) groups excluding carboxylic acids is 1. The molecule has 29 heavy (non-hydrogen) atoms. The number of carbonyl (C=O) groups is 1. The minimum Gasteiger partial charge on any atom is -0.465 e. The van der Waals surface area contributed by atoms with E-state index in [1.807, 2.05) is 24.3 Å². The third kappa shape index (κ3) is 3.42. The van der Waals surface area contributed by atoms with Crippen LogP contribution in [0.1, 0.15) is 22.8 Å². The van der Waals surface area contributed by atoms with Crippen molar-refractivity contribution in [2.24, 2.45) is 0 Å². The summed E-state index contributed by atoms with van der Waals surface area (Å²) < 4.78 is 20.6. The highest BCUT2D eigenvalue weighted by molar-refractivity contribution is 5.99. The molecule has 7 heteroatoms. The van der Waals surface area contributed by atoms with Gasteiger partial charge in [0.2, 0.25) is 0 Å². The van der Waals surface area contributed by atoms with Gasteiger partial charge in [-0.05, 0) is 42.3 Å². The Balaban J connectivity index is 1.89. The number of nitrogens with one attached hydrogen (secondary N) is 1. The summed E-state index contributed by atoms with van der Waals surface area (Å²) in [6, 6.07) is 14.0. The summed E-state index contributed by atoms with van der Waals surface area (Å²) in [5.41, 5.74) is 3.52. The first-order valence-corrected chi connectivity index (χ1v) is 9.18. The Morgan fingerprint density at radius 1 is 1.21 bits per heavy atom. The lowest BCUT2D eigenvalue weighted by molar-refractivity contribution is 0.0602. The predicted molar refractivity (Wildman–Crippen MR) is 109 cm³/mol. The highest BCUT2D eigenvalue weighted by atomic mass is 19.1. The second-order valence-electron chi connectivity index (χ2n) is 6.44. The van der Waals surface area contributed by atoms with Crippen molar-refractivity contribution in [2.75, 3.05) is 12.4 Å². The molecule has 1 N–H and O–H groups in total. The Hall–Kier alpha value is -3.74. The van der Waals surface area contributed by atoms with Crippen molar-refractivity contribution >= 4 is 28.4 Å². The van der Waals surface area contributed by atoms with Gasteiger partial charge in [-0.25, -0.2) is 13.9 Å². The van der Waals surface area contributed by atoms with E-state index in [4.69, 9.17) is 4.74 Å². The first-order valence-electron chi connectivity index (χ1n) is 9.18. The zero-order chi connectivity index (χ0) is 20.4. The number of fused-ring (bicyclic) bond motifs is 1. The maximum Gasteiger partial charge on any atom is 0.340 e. The summed E-state index contributed by atoms with van der Waals surface area (Å²) in [5, 5.41) is 8.41. The second kappa shape index (κ2) is 7.71. The predicted octanol–water partition coefficient (Wildman–Crippen LogP) is 4.65. The first kappa shape index (κ1) is 18.6. The van der Waals surface area contributed by atoms with E-state index < -0.39 is 5.97 Å². The number of pyridine rings is 1. The monoisotopic (exact) mass is 390 g/mol. The molecule has 0 aliphatic carbocycles. The lowest BCUT2D eigenvalue weighted by atomic mass is 10.1. The maximum absolute atomic E-state index is 14.0. The summed E-state index contributed by atoms with van der Waals surface area (Å²) in [6.07, 6.45) is 3.85. The number of ether oxygens (including phenoxy) is 1. The van der Waals surface area contributed by atoms with Gasteiger partial charge in [0.05, 0.1) is 35.8 Å². The smallest absolute Gasteiger partial charge is 0.340 e. The number of rotatable bonds is 5. The molecule has 0 unspecified atom stereocenters. The van der Waals surface area contributed by atoms with Crippen molar-refractivity contribution in [3.05, 3.63) is 77.9 Å². The summed E-state index contributed by atoms with van der Waals surface area (Å²) in [4.78, 5) is 16.1. The van der Waals surface area contributed by atoms with Gasteiger partial charge in [0.25, 0.3) is 0 Å². The van der Waals surface area contributed by atoms with E-state index in [9.17, 15) is 9.18 Å². The molecule has 2 aromatic carbocycles. The van der Waals surface area contributed by atoms with E-state index in [0.717, 1.165) is 23.2 Å². The van der Waals surface area contributed by atoms with Gasteiger partial charge in [-0.2, -0.15) is 0 Å². The van der Waals surface area contributed by atoms with E-state index in [2.05, 4.69) is 22.3 Å². The normalized spacial score (nSPS) is 10.9. The average molecular weight is 390 g/mol. The van der Waals surface area contributed by atoms with Gasteiger partial charge in [-0.15, -0.1) is 5.10 Å². The van der Waals surface area contributed by atoms with Gasteiger partial charge in [-0.3, -0.25) is 4.98 Å². The van der Waals surface area contributed by atoms with Crippen LogP contribution in [0.5, 0.6) is 0 Å². The van der Waals surface area contributed by atoms with Crippen molar-refractivity contribution < 1.29 is 13.9 Å². The number of methoxy groups -OCH3 is 1. The van der Waals surface area contributed by atoms with Gasteiger partial charge in [0.15, 0.2) is 5.82 Å². The number of hydrogen-bond acceptors (Lipinski definition) is 5. The third-order valence-electron chi connectivity index (χ3n) is 4.72. The van der Waals surface area contributed by atoms with Crippen molar-refractivity contribution in [3.63, 3.8) is 0 Å². The third-order valence-corrected chi connectivity index (χ3v) is 4.72. The molecule has 0 saturated heterocycles. The highest BCUT2D eigenvalue weighted by Gasteiger charge is 2.18. The molecule has 0 radical (unpaired) electrons. The summed E-state index contributed by atoms with van der Waals surface area (Å²) in [5.74, 6) is -0.451. The molecule has 0 aliphatic rings. The summed E-state index contributed by atoms with van der Waals surface area (Å²) in [6.45, 7) is 2.07. The Morgan fingerprint density at radius 3 is 2.83 bits per heavy atom. The van der Waals surface area contributed by atoms with Crippen LogP contribution in [-0.4, -0.2) is 27.8 Å². The molecule has 4 aromatic rings. The molecule has 4 rings (SSSR count). The van der Waals surface area contributed by atoms with Crippen LogP contribution < -0.4 is 5.32 Å². The molecule has 0 amide bonds. The highest BCUT2D eigenvalue weighted by Crippen LogP contribution is 2.31. The number of aryl methyl sites for hydroxylation is 1. The van der Waals surface area contributed by atoms with Gasteiger partial charge < -0.3 is 10.1 Å². The molecule has 0 bridgehead atoms. The fraction of sp³-hybridized carbons (Fsp3) is 0.136. The fourth-order valence-corrected chi connectivity index (χ4v) is 3.29. The second-order valence-corrected chi connectivity index (χ2v) is 6.44. The number of halogens is 1. The number of nitrogens with zero attached hydrogens (tertiary/aromatic N) is 3. The van der Waals surface area contributed by atoms with Gasteiger partial charge >= 0.3 is 5.97 Å². The van der Waals surface area contributed by atoms with E-state index in [-0.39, 0.29) is 5.82 Å². The quantitative estimate of drug-likeness (QED) is 0.502. The van der Waals surface area contributed by atoms with Crippen LogP contribution in [0, 0.1) is 5.82 Å². The number of esters is 1. The zero-order valence-electron chi connectivity index (χ0n) is 16.0. The number of benzene rings is 2. The van der Waals surface area contributed by atoms with Crippen LogP contribution in [0.3, 0.4) is 0 Å². The van der Waals surface area contributed by atoms with Crippen LogP contribution in [0.25, 0.3) is 16.6 Å². The number of aromatic nitrogens is 3. The number of para-hydroxylation sites is 1. The minimum atomic E-state index is -0.499. The number of anilines is 2. The summed E-state index contributed by atoms with van der Waals surface area (Å²) >= 11 is 0. The standard InChI is InChI=1S/C22H19FN4O2/c1-3-14-6-4-5-7-19(14)27-20-9-8-15(23)12-17(20)21(26-27)25-18-13-24-11-10-16(18)22(28)29-2/h4-13H,3H2,1-2H3,(H,25,26). The summed E-state index contributed by atoms with van der Waals surface area (Å²) in [7, 11) is 1.31. The lowest BCUT2D eigenvalue weighted by Crippen LogP contribution is -2.07. The molecule has 0 fully saturated rings. The van der Waals surface area contributed by atoms with E-state index in [0.29, 0.717) is 22.5 Å². The largest absolute Gasteiger partial charge is 0.465 e. The van der Waals surface area contributed by atoms with Gasteiger partial charge in [0.1, 0.15) is 5.82 Å². The van der Waals surface area contributed by atoms with E-state index in [1.54, 1.807) is 16.8 Å². The minimum absolute atomic E-state index is 0.315. The molecule has 0 saturated carbocycles. The zero-order valence-corrected chi connectivity index (χ0v) is 16.0. The van der Waals surface area contributed by atoms with Crippen molar-refractivity contribution in [1.82, 2.24) is 14.8 Å². The van der Waals surface area contributed by atoms with Crippen LogP contribution in [0.15, 0.2) is 60.9 Å². The Labute approximate surface area is 167 Å². The molecule has 0 aliphatic heterocycles. The fourth-order valence-electron chi connectivity index (χ4n) is 3.29. The Morgan fingerprint density at radius 2 is 2.03 bits per heavy atom. The molecule has 6 nitrogen and oxygen atoms in total. The van der Waals surface area contributed by atoms with Crippen LogP contribution >= 0.6 is 0 Å². The molecule has 0 atom stereocenters. The van der Waals surface area contributed by atoms with Gasteiger partial charge in [-0.1, -0.05) is 25.1 Å². The van der Waals surface area contributed by atoms with Crippen molar-refractivity contribution in [1.29, 1.82) is 0 Å². The molecular weight excluding hydrogens is 371 g/mol. The first-order chi connectivity index (χ1) is 14.1. The van der Waals surface area contributed by atoms with Crippen LogP contribution in [0.2, 0.25) is 0 Å². The Bertz CT molecular complexity index is 1200. The maximum atomic E-state index is 14.0. The van der Waals surface area contributed by atoms with Gasteiger partial charge in [0, 0.05) is 11.6 Å². The SMILES string of the molecule is CCc1ccccc1-n1nc(Nc2cnccc2C(=O)OC)c2cc(F)ccc21. The molecule has 0 spiro atoms.